The lowest BCUT2D eigenvalue weighted by atomic mass is 10.0. The monoisotopic (exact) mass is 492 g/mol. The largest absolute Gasteiger partial charge is 0.378 e. The van der Waals surface area contributed by atoms with E-state index in [1.807, 2.05) is 38.1 Å². The van der Waals surface area contributed by atoms with Crippen molar-refractivity contribution in [1.82, 2.24) is 9.80 Å². The van der Waals surface area contributed by atoms with Crippen LogP contribution in [-0.2, 0) is 14.3 Å². The lowest BCUT2D eigenvalue weighted by Crippen LogP contribution is -2.51. The number of amides is 4. The van der Waals surface area contributed by atoms with Gasteiger partial charge >= 0.3 is 0 Å². The van der Waals surface area contributed by atoms with Crippen LogP contribution in [-0.4, -0.2) is 79.4 Å². The summed E-state index contributed by atoms with van der Waals surface area (Å²) in [7, 11) is 1.51. The summed E-state index contributed by atoms with van der Waals surface area (Å²) in [6.07, 6.45) is 0.305. The van der Waals surface area contributed by atoms with E-state index in [1.54, 1.807) is 24.3 Å². The highest BCUT2D eigenvalue weighted by Crippen LogP contribution is 2.27. The Morgan fingerprint density at radius 2 is 1.56 bits per heavy atom. The minimum absolute atomic E-state index is 0.0514. The van der Waals surface area contributed by atoms with Gasteiger partial charge < -0.3 is 19.9 Å². The number of likely N-dealkylation sites (N-methyl/N-ethyl adjacent to an activating group) is 1. The van der Waals surface area contributed by atoms with E-state index in [-0.39, 0.29) is 18.4 Å². The third-order valence-corrected chi connectivity index (χ3v) is 6.40. The van der Waals surface area contributed by atoms with Crippen molar-refractivity contribution in [3.8, 4) is 0 Å². The van der Waals surface area contributed by atoms with Crippen molar-refractivity contribution < 1.29 is 23.9 Å². The summed E-state index contributed by atoms with van der Waals surface area (Å²) in [6, 6.07) is 13.1. The zero-order valence-corrected chi connectivity index (χ0v) is 20.9. The van der Waals surface area contributed by atoms with Crippen molar-refractivity contribution in [1.29, 1.82) is 0 Å². The molecule has 1 atom stereocenters. The van der Waals surface area contributed by atoms with E-state index >= 15 is 0 Å². The van der Waals surface area contributed by atoms with Crippen molar-refractivity contribution in [3.05, 3.63) is 59.7 Å². The van der Waals surface area contributed by atoms with Gasteiger partial charge in [0.1, 0.15) is 6.04 Å². The molecule has 1 unspecified atom stereocenters. The third-order valence-electron chi connectivity index (χ3n) is 6.40. The number of carbonyl (C=O) groups is 4. The van der Waals surface area contributed by atoms with Crippen molar-refractivity contribution in [2.75, 3.05) is 50.1 Å². The summed E-state index contributed by atoms with van der Waals surface area (Å²) in [5, 5.41) is 2.82. The number of imide groups is 1. The number of morpholine rings is 1. The number of nitrogens with one attached hydrogen (secondary N) is 1. The molecule has 2 aliphatic heterocycles. The molecule has 0 radical (unpaired) electrons. The fourth-order valence-electron chi connectivity index (χ4n) is 4.58. The molecule has 2 aliphatic rings. The van der Waals surface area contributed by atoms with Crippen LogP contribution in [0.1, 0.15) is 41.0 Å². The van der Waals surface area contributed by atoms with Crippen LogP contribution in [0.4, 0.5) is 11.4 Å². The van der Waals surface area contributed by atoms with Crippen molar-refractivity contribution in [3.63, 3.8) is 0 Å². The van der Waals surface area contributed by atoms with Crippen LogP contribution in [0.15, 0.2) is 48.5 Å². The molecule has 0 aliphatic carbocycles. The fourth-order valence-corrected chi connectivity index (χ4v) is 4.58. The van der Waals surface area contributed by atoms with Gasteiger partial charge in [-0.05, 0) is 48.7 Å². The predicted octanol–water partition coefficient (Wildman–Crippen LogP) is 2.63. The van der Waals surface area contributed by atoms with E-state index in [0.717, 1.165) is 23.7 Å². The Kier molecular flexibility index (Phi) is 7.69. The number of rotatable bonds is 8. The van der Waals surface area contributed by atoms with Crippen LogP contribution in [0.5, 0.6) is 0 Å². The molecular weight excluding hydrogens is 460 g/mol. The van der Waals surface area contributed by atoms with E-state index in [4.69, 9.17) is 4.74 Å². The molecule has 2 aromatic carbocycles. The van der Waals surface area contributed by atoms with Gasteiger partial charge in [-0.1, -0.05) is 26.0 Å². The first-order valence-corrected chi connectivity index (χ1v) is 12.2. The van der Waals surface area contributed by atoms with E-state index in [9.17, 15) is 19.2 Å². The van der Waals surface area contributed by atoms with E-state index < -0.39 is 23.8 Å². The second-order valence-electron chi connectivity index (χ2n) is 9.56. The van der Waals surface area contributed by atoms with Crippen LogP contribution in [0.25, 0.3) is 0 Å². The van der Waals surface area contributed by atoms with Crippen LogP contribution in [0.3, 0.4) is 0 Å². The van der Waals surface area contributed by atoms with Gasteiger partial charge in [0.15, 0.2) is 0 Å². The molecule has 1 N–H and O–H groups in total. The number of hydrogen-bond donors (Lipinski definition) is 1. The van der Waals surface area contributed by atoms with E-state index in [2.05, 4.69) is 10.2 Å². The average molecular weight is 493 g/mol. The number of anilines is 2. The maximum atomic E-state index is 13.4. The standard InChI is InChI=1S/C27H32N4O5/c1-18(2)16-23(31-25(33)21-6-4-5-7-22(21)26(31)34)27(35)29(3)17-24(32)28-19-8-10-20(11-9-19)30-12-14-36-15-13-30/h4-11,18,23H,12-17H2,1-3H3,(H,28,32). The number of hydrogen-bond acceptors (Lipinski definition) is 6. The number of fused-ring (bicyclic) bond motifs is 1. The first-order valence-electron chi connectivity index (χ1n) is 12.2. The van der Waals surface area contributed by atoms with Gasteiger partial charge in [0.05, 0.1) is 30.9 Å². The van der Waals surface area contributed by atoms with Gasteiger partial charge in [-0.2, -0.15) is 0 Å². The molecule has 0 spiro atoms. The number of benzene rings is 2. The normalized spacial score (nSPS) is 16.2. The maximum absolute atomic E-state index is 13.4. The molecule has 1 fully saturated rings. The first-order chi connectivity index (χ1) is 17.3. The smallest absolute Gasteiger partial charge is 0.262 e. The second kappa shape index (κ2) is 10.9. The van der Waals surface area contributed by atoms with Crippen LogP contribution in [0, 0.1) is 5.92 Å². The van der Waals surface area contributed by atoms with Gasteiger partial charge in [-0.3, -0.25) is 24.1 Å². The molecule has 0 saturated carbocycles. The molecule has 9 nitrogen and oxygen atoms in total. The fraction of sp³-hybridized carbons (Fsp3) is 0.407. The average Bonchev–Trinajstić information content (AvgIpc) is 3.12. The molecular formula is C27H32N4O5. The van der Waals surface area contributed by atoms with Gasteiger partial charge in [0.25, 0.3) is 11.8 Å². The summed E-state index contributed by atoms with van der Waals surface area (Å²) in [4.78, 5) is 56.7. The molecule has 4 rings (SSSR count). The van der Waals surface area contributed by atoms with Gasteiger partial charge in [0, 0.05) is 31.5 Å². The molecule has 0 bridgehead atoms. The predicted molar refractivity (Wildman–Crippen MR) is 136 cm³/mol. The molecule has 2 aromatic rings. The van der Waals surface area contributed by atoms with E-state index in [0.29, 0.717) is 36.4 Å². The highest BCUT2D eigenvalue weighted by atomic mass is 16.5. The molecule has 9 heteroatoms. The first kappa shape index (κ1) is 25.4. The van der Waals surface area contributed by atoms with Crippen LogP contribution < -0.4 is 10.2 Å². The summed E-state index contributed by atoms with van der Waals surface area (Å²) < 4.78 is 5.38. The number of ether oxygens (including phenoxy) is 1. The molecule has 1 saturated heterocycles. The molecule has 190 valence electrons. The number of carbonyl (C=O) groups excluding carboxylic acids is 4. The molecule has 0 aromatic heterocycles. The highest BCUT2D eigenvalue weighted by Gasteiger charge is 2.43. The SMILES string of the molecule is CC(C)CC(C(=O)N(C)CC(=O)Nc1ccc(N2CCOCC2)cc1)N1C(=O)c2ccccc2C1=O. The minimum Gasteiger partial charge on any atom is -0.378 e. The van der Waals surface area contributed by atoms with Crippen molar-refractivity contribution >= 4 is 35.0 Å². The Morgan fingerprint density at radius 1 is 0.972 bits per heavy atom. The minimum atomic E-state index is -0.983. The summed E-state index contributed by atoms with van der Waals surface area (Å²) in [6.45, 7) is 6.67. The second-order valence-corrected chi connectivity index (χ2v) is 9.56. The summed E-state index contributed by atoms with van der Waals surface area (Å²) in [5.41, 5.74) is 2.27. The Morgan fingerprint density at radius 3 is 2.11 bits per heavy atom. The summed E-state index contributed by atoms with van der Waals surface area (Å²) >= 11 is 0. The van der Waals surface area contributed by atoms with Crippen LogP contribution >= 0.6 is 0 Å². The van der Waals surface area contributed by atoms with Crippen LogP contribution in [0.2, 0.25) is 0 Å². The van der Waals surface area contributed by atoms with Gasteiger partial charge in [-0.25, -0.2) is 0 Å². The van der Waals surface area contributed by atoms with Gasteiger partial charge in [-0.15, -0.1) is 0 Å². The topological polar surface area (TPSA) is 99.3 Å². The lowest BCUT2D eigenvalue weighted by molar-refractivity contribution is -0.137. The zero-order valence-electron chi connectivity index (χ0n) is 20.9. The lowest BCUT2D eigenvalue weighted by Gasteiger charge is -2.30. The summed E-state index contributed by atoms with van der Waals surface area (Å²) in [5.74, 6) is -1.72. The quantitative estimate of drug-likeness (QED) is 0.569. The zero-order chi connectivity index (χ0) is 25.8. The Hall–Kier alpha value is -3.72. The van der Waals surface area contributed by atoms with E-state index in [1.165, 1.54) is 11.9 Å². The Balaban J connectivity index is 1.41. The van der Waals surface area contributed by atoms with Crippen molar-refractivity contribution in [2.45, 2.75) is 26.3 Å². The molecule has 36 heavy (non-hydrogen) atoms. The highest BCUT2D eigenvalue weighted by molar-refractivity contribution is 6.22. The number of nitrogens with zero attached hydrogens (tertiary/aromatic N) is 3. The maximum Gasteiger partial charge on any atom is 0.262 e. The third kappa shape index (κ3) is 5.41. The Labute approximate surface area is 211 Å². The molecule has 4 amide bonds. The Bertz CT molecular complexity index is 1110. The van der Waals surface area contributed by atoms with Gasteiger partial charge in [0.2, 0.25) is 11.8 Å². The van der Waals surface area contributed by atoms with Crippen molar-refractivity contribution in [2.24, 2.45) is 5.92 Å². The molecule has 2 heterocycles.